The molecule has 5 nitrogen and oxygen atoms in total. The number of hydrogen-bond donors (Lipinski definition) is 1. The summed E-state index contributed by atoms with van der Waals surface area (Å²) in [7, 11) is 0. The summed E-state index contributed by atoms with van der Waals surface area (Å²) < 4.78 is 5.87. The number of carbonyl (C=O) groups is 1. The Balaban J connectivity index is 1.51. The lowest BCUT2D eigenvalue weighted by Crippen LogP contribution is -2.26. The largest absolute Gasteiger partial charge is 0.494 e. The summed E-state index contributed by atoms with van der Waals surface area (Å²) in [6, 6.07) is 6.10. The minimum absolute atomic E-state index is 0.00985. The Morgan fingerprint density at radius 2 is 2.09 bits per heavy atom. The number of rotatable bonds is 6. The molecule has 23 heavy (non-hydrogen) atoms. The number of aryl methyl sites for hydroxylation is 1. The predicted octanol–water partition coefficient (Wildman–Crippen LogP) is 2.47. The van der Waals surface area contributed by atoms with Crippen molar-refractivity contribution >= 4 is 11.6 Å². The predicted molar refractivity (Wildman–Crippen MR) is 90.9 cm³/mol. The van der Waals surface area contributed by atoms with E-state index in [1.807, 2.05) is 12.1 Å². The molecule has 0 radical (unpaired) electrons. The van der Waals surface area contributed by atoms with E-state index in [4.69, 9.17) is 4.74 Å². The number of hydrogen-bond acceptors (Lipinski definition) is 4. The normalized spacial score (nSPS) is 18.7. The zero-order valence-corrected chi connectivity index (χ0v) is 13.8. The fourth-order valence-corrected chi connectivity index (χ4v) is 3.20. The molecule has 5 heteroatoms. The first-order chi connectivity index (χ1) is 11.2. The molecule has 1 amide bonds. The third-order valence-corrected chi connectivity index (χ3v) is 4.50. The number of carbonyl (C=O) groups excluding carboxylic acids is 1. The molecule has 0 atom stereocenters. The van der Waals surface area contributed by atoms with Crippen molar-refractivity contribution in [2.45, 2.75) is 39.0 Å². The van der Waals surface area contributed by atoms with Gasteiger partial charge in [0.05, 0.1) is 12.3 Å². The second-order valence-corrected chi connectivity index (χ2v) is 6.32. The van der Waals surface area contributed by atoms with Gasteiger partial charge in [0.25, 0.3) is 0 Å². The van der Waals surface area contributed by atoms with Crippen molar-refractivity contribution in [1.29, 1.82) is 0 Å². The quantitative estimate of drug-likeness (QED) is 0.821. The topological polar surface area (TPSA) is 53.9 Å². The third kappa shape index (κ3) is 4.32. The maximum atomic E-state index is 11.2. The Morgan fingerprint density at radius 1 is 1.26 bits per heavy atom. The maximum absolute atomic E-state index is 11.2. The lowest BCUT2D eigenvalue weighted by atomic mass is 9.99. The number of benzene rings is 1. The van der Waals surface area contributed by atoms with Crippen molar-refractivity contribution in [1.82, 2.24) is 10.3 Å². The zero-order valence-electron chi connectivity index (χ0n) is 13.8. The van der Waals surface area contributed by atoms with Gasteiger partial charge < -0.3 is 9.64 Å². The van der Waals surface area contributed by atoms with Gasteiger partial charge in [-0.15, -0.1) is 0 Å². The van der Waals surface area contributed by atoms with E-state index in [9.17, 15) is 4.79 Å². The van der Waals surface area contributed by atoms with Crippen LogP contribution in [0.4, 0.5) is 0 Å². The van der Waals surface area contributed by atoms with Crippen molar-refractivity contribution in [3.63, 3.8) is 0 Å². The fraction of sp³-hybridized carbons (Fsp3) is 0.556. The average Bonchev–Trinajstić information content (AvgIpc) is 3.06. The Labute approximate surface area is 137 Å². The fourth-order valence-electron chi connectivity index (χ4n) is 3.20. The smallest absolute Gasteiger partial charge is 0.240 e. The van der Waals surface area contributed by atoms with Gasteiger partial charge in [-0.1, -0.05) is 0 Å². The van der Waals surface area contributed by atoms with E-state index in [0.717, 1.165) is 42.2 Å². The van der Waals surface area contributed by atoms with Crippen LogP contribution in [0.25, 0.3) is 0 Å². The highest BCUT2D eigenvalue weighted by molar-refractivity contribution is 6.05. The molecule has 1 aromatic carbocycles. The highest BCUT2D eigenvalue weighted by Gasteiger charge is 2.15. The Kier molecular flexibility index (Phi) is 5.28. The molecular formula is C18H25N3O2. The molecule has 1 saturated heterocycles. The van der Waals surface area contributed by atoms with Crippen molar-refractivity contribution in [3.05, 3.63) is 29.3 Å². The van der Waals surface area contributed by atoms with Crippen molar-refractivity contribution in [2.75, 3.05) is 26.2 Å². The molecule has 0 aromatic heterocycles. The van der Waals surface area contributed by atoms with Crippen LogP contribution in [0.2, 0.25) is 0 Å². The molecule has 3 rings (SSSR count). The van der Waals surface area contributed by atoms with E-state index in [2.05, 4.69) is 28.4 Å². The van der Waals surface area contributed by atoms with Crippen molar-refractivity contribution in [2.24, 2.45) is 5.10 Å². The van der Waals surface area contributed by atoms with Gasteiger partial charge in [0.2, 0.25) is 5.91 Å². The summed E-state index contributed by atoms with van der Waals surface area (Å²) in [5.41, 5.74) is 5.73. The number of nitrogens with zero attached hydrogens (tertiary/aromatic N) is 2. The first-order valence-corrected chi connectivity index (χ1v) is 8.54. The van der Waals surface area contributed by atoms with Gasteiger partial charge in [0, 0.05) is 24.9 Å². The summed E-state index contributed by atoms with van der Waals surface area (Å²) in [6.45, 7) is 6.43. The number of nitrogens with one attached hydrogen (secondary N) is 1. The van der Waals surface area contributed by atoms with Gasteiger partial charge in [-0.25, -0.2) is 5.43 Å². The molecule has 1 fully saturated rings. The molecule has 2 aliphatic heterocycles. The summed E-state index contributed by atoms with van der Waals surface area (Å²) in [4.78, 5) is 13.7. The van der Waals surface area contributed by atoms with E-state index in [-0.39, 0.29) is 5.91 Å². The van der Waals surface area contributed by atoms with Gasteiger partial charge in [0.15, 0.2) is 0 Å². The van der Waals surface area contributed by atoms with Crippen LogP contribution < -0.4 is 10.2 Å². The van der Waals surface area contributed by atoms with Crippen molar-refractivity contribution < 1.29 is 9.53 Å². The molecule has 0 aliphatic carbocycles. The maximum Gasteiger partial charge on any atom is 0.240 e. The molecule has 2 aliphatic rings. The summed E-state index contributed by atoms with van der Waals surface area (Å²) in [6.07, 6.45) is 4.95. The number of amides is 1. The molecule has 1 aromatic rings. The monoisotopic (exact) mass is 315 g/mol. The molecule has 0 spiro atoms. The second-order valence-electron chi connectivity index (χ2n) is 6.32. The van der Waals surface area contributed by atoms with E-state index >= 15 is 0 Å². The zero-order chi connectivity index (χ0) is 16.1. The van der Waals surface area contributed by atoms with Crippen molar-refractivity contribution in [3.8, 4) is 5.75 Å². The molecule has 0 unspecified atom stereocenters. The van der Waals surface area contributed by atoms with Gasteiger partial charge >= 0.3 is 0 Å². The Morgan fingerprint density at radius 3 is 2.78 bits per heavy atom. The van der Waals surface area contributed by atoms with Gasteiger partial charge in [-0.2, -0.15) is 5.10 Å². The van der Waals surface area contributed by atoms with Crippen LogP contribution in [0, 0.1) is 6.92 Å². The van der Waals surface area contributed by atoms with Crippen LogP contribution in [0.5, 0.6) is 5.75 Å². The standard InChI is InChI=1S/C18H25N3O2/c1-14-13-15(23-12-4-11-21-9-2-3-10-21)5-6-16(14)17-7-8-18(22)20-19-17/h5-6,13H,2-4,7-12H2,1H3,(H,20,22). The van der Waals surface area contributed by atoms with Crippen LogP contribution in [-0.2, 0) is 4.79 Å². The molecule has 0 bridgehead atoms. The summed E-state index contributed by atoms with van der Waals surface area (Å²) in [5, 5.41) is 4.16. The molecular weight excluding hydrogens is 290 g/mol. The van der Waals surface area contributed by atoms with Crippen LogP contribution in [0.1, 0.15) is 43.2 Å². The lowest BCUT2D eigenvalue weighted by molar-refractivity contribution is -0.121. The van der Waals surface area contributed by atoms with Crippen LogP contribution >= 0.6 is 0 Å². The van der Waals surface area contributed by atoms with E-state index < -0.39 is 0 Å². The summed E-state index contributed by atoms with van der Waals surface area (Å²) >= 11 is 0. The van der Waals surface area contributed by atoms with E-state index in [0.29, 0.717) is 12.8 Å². The molecule has 0 saturated carbocycles. The van der Waals surface area contributed by atoms with Gasteiger partial charge in [-0.05, 0) is 63.0 Å². The molecule has 2 heterocycles. The highest BCUT2D eigenvalue weighted by atomic mass is 16.5. The number of likely N-dealkylation sites (tertiary alicyclic amines) is 1. The second kappa shape index (κ2) is 7.59. The third-order valence-electron chi connectivity index (χ3n) is 4.50. The highest BCUT2D eigenvalue weighted by Crippen LogP contribution is 2.20. The summed E-state index contributed by atoms with van der Waals surface area (Å²) in [5.74, 6) is 0.900. The minimum atomic E-state index is -0.00985. The first-order valence-electron chi connectivity index (χ1n) is 8.54. The Hall–Kier alpha value is -1.88. The average molecular weight is 315 g/mol. The first kappa shape index (κ1) is 16.0. The lowest BCUT2D eigenvalue weighted by Gasteiger charge is -2.16. The minimum Gasteiger partial charge on any atom is -0.494 e. The van der Waals surface area contributed by atoms with Crippen LogP contribution in [0.3, 0.4) is 0 Å². The number of hydrazone groups is 1. The Bertz CT molecular complexity index is 592. The van der Waals surface area contributed by atoms with E-state index in [1.165, 1.54) is 25.9 Å². The van der Waals surface area contributed by atoms with Crippen LogP contribution in [0.15, 0.2) is 23.3 Å². The number of ether oxygens (including phenoxy) is 1. The van der Waals surface area contributed by atoms with E-state index in [1.54, 1.807) is 0 Å². The van der Waals surface area contributed by atoms with Gasteiger partial charge in [0.1, 0.15) is 5.75 Å². The van der Waals surface area contributed by atoms with Crippen LogP contribution in [-0.4, -0.2) is 42.8 Å². The SMILES string of the molecule is Cc1cc(OCCCN2CCCC2)ccc1C1=NNC(=O)CC1. The van der Waals surface area contributed by atoms with Gasteiger partial charge in [-0.3, -0.25) is 4.79 Å². The molecule has 124 valence electrons. The molecule has 1 N–H and O–H groups in total.